The number of aliphatic hydroxyl groups excluding tert-OH is 1. The Kier molecular flexibility index (Phi) is 7.37. The summed E-state index contributed by atoms with van der Waals surface area (Å²) in [5.41, 5.74) is 1.12. The van der Waals surface area contributed by atoms with Crippen LogP contribution < -0.4 is 0 Å². The van der Waals surface area contributed by atoms with Gasteiger partial charge < -0.3 is 14.6 Å². The molecule has 3 heteroatoms. The van der Waals surface area contributed by atoms with Gasteiger partial charge in [0.1, 0.15) is 0 Å². The monoisotopic (exact) mass is 302 g/mol. The predicted octanol–water partition coefficient (Wildman–Crippen LogP) is 3.80. The lowest BCUT2D eigenvalue weighted by molar-refractivity contribution is -0.189. The van der Waals surface area contributed by atoms with Crippen molar-refractivity contribution in [1.29, 1.82) is 0 Å². The third kappa shape index (κ3) is 5.41. The molecule has 1 aliphatic rings. The molecular formula is C19H26O3. The molecule has 0 aromatic heterocycles. The van der Waals surface area contributed by atoms with Gasteiger partial charge in [0.25, 0.3) is 0 Å². The number of aliphatic hydroxyl groups is 1. The fourth-order valence-electron chi connectivity index (χ4n) is 2.60. The van der Waals surface area contributed by atoms with E-state index in [1.165, 1.54) is 0 Å². The summed E-state index contributed by atoms with van der Waals surface area (Å²) in [4.78, 5) is 0. The van der Waals surface area contributed by atoms with Crippen molar-refractivity contribution in [3.8, 4) is 0 Å². The smallest absolute Gasteiger partial charge is 0.158 e. The molecule has 3 atom stereocenters. The van der Waals surface area contributed by atoms with E-state index >= 15 is 0 Å². The van der Waals surface area contributed by atoms with E-state index in [4.69, 9.17) is 9.47 Å². The zero-order chi connectivity index (χ0) is 15.6. The molecule has 22 heavy (non-hydrogen) atoms. The normalized spacial score (nSPS) is 21.6. The van der Waals surface area contributed by atoms with Crippen LogP contribution in [-0.4, -0.2) is 30.7 Å². The number of hydrogen-bond acceptors (Lipinski definition) is 3. The average molecular weight is 302 g/mol. The highest BCUT2D eigenvalue weighted by Gasteiger charge is 2.24. The molecule has 0 amide bonds. The van der Waals surface area contributed by atoms with Crippen molar-refractivity contribution in [2.45, 2.75) is 38.1 Å². The van der Waals surface area contributed by atoms with Gasteiger partial charge in [0.05, 0.1) is 6.10 Å². The molecule has 1 aromatic carbocycles. The van der Waals surface area contributed by atoms with Gasteiger partial charge in [0.2, 0.25) is 0 Å². The topological polar surface area (TPSA) is 38.7 Å². The van der Waals surface area contributed by atoms with E-state index in [0.717, 1.165) is 31.4 Å². The van der Waals surface area contributed by atoms with Crippen molar-refractivity contribution in [1.82, 2.24) is 0 Å². The zero-order valence-corrected chi connectivity index (χ0v) is 13.1. The van der Waals surface area contributed by atoms with Gasteiger partial charge in [-0.2, -0.15) is 0 Å². The van der Waals surface area contributed by atoms with Gasteiger partial charge in [0.15, 0.2) is 6.29 Å². The summed E-state index contributed by atoms with van der Waals surface area (Å²) in [6.07, 6.45) is 9.41. The average Bonchev–Trinajstić information content (AvgIpc) is 2.58. The first kappa shape index (κ1) is 16.9. The number of rotatable bonds is 8. The second-order valence-corrected chi connectivity index (χ2v) is 5.63. The first-order valence-electron chi connectivity index (χ1n) is 8.05. The highest BCUT2D eigenvalue weighted by Crippen LogP contribution is 2.22. The summed E-state index contributed by atoms with van der Waals surface area (Å²) in [5.74, 6) is 0.00277. The Bertz CT molecular complexity index is 449. The van der Waals surface area contributed by atoms with Gasteiger partial charge in [-0.15, -0.1) is 6.58 Å². The van der Waals surface area contributed by atoms with E-state index in [1.54, 1.807) is 0 Å². The molecule has 1 fully saturated rings. The number of ether oxygens (including phenoxy) is 2. The maximum Gasteiger partial charge on any atom is 0.158 e. The third-order valence-electron chi connectivity index (χ3n) is 3.89. The number of hydrogen-bond donors (Lipinski definition) is 1. The summed E-state index contributed by atoms with van der Waals surface area (Å²) < 4.78 is 11.8. The van der Waals surface area contributed by atoms with E-state index in [0.29, 0.717) is 6.42 Å². The van der Waals surface area contributed by atoms with Crippen LogP contribution in [0, 0.1) is 5.92 Å². The summed E-state index contributed by atoms with van der Waals surface area (Å²) in [6.45, 7) is 4.60. The summed E-state index contributed by atoms with van der Waals surface area (Å²) in [5, 5.41) is 9.65. The van der Waals surface area contributed by atoms with Crippen LogP contribution >= 0.6 is 0 Å². The lowest BCUT2D eigenvalue weighted by Gasteiger charge is -2.30. The minimum atomic E-state index is -0.175. The molecule has 0 bridgehead atoms. The van der Waals surface area contributed by atoms with E-state index in [2.05, 4.69) is 6.58 Å². The molecule has 1 N–H and O–H groups in total. The SMILES string of the molecule is C=CC[C@H](CO)[C@H](/C=C/c1ccccc1)OC1CCCCO1. The summed E-state index contributed by atoms with van der Waals surface area (Å²) >= 11 is 0. The highest BCUT2D eigenvalue weighted by molar-refractivity contribution is 5.49. The molecule has 0 spiro atoms. The van der Waals surface area contributed by atoms with Gasteiger partial charge in [-0.1, -0.05) is 48.6 Å². The minimum Gasteiger partial charge on any atom is -0.396 e. The molecule has 1 aliphatic heterocycles. The largest absolute Gasteiger partial charge is 0.396 e. The van der Waals surface area contributed by atoms with Crippen molar-refractivity contribution in [3.05, 3.63) is 54.6 Å². The van der Waals surface area contributed by atoms with Crippen LogP contribution in [0.15, 0.2) is 49.1 Å². The molecule has 3 nitrogen and oxygen atoms in total. The molecule has 0 radical (unpaired) electrons. The van der Waals surface area contributed by atoms with Crippen LogP contribution in [0.1, 0.15) is 31.2 Å². The van der Waals surface area contributed by atoms with Gasteiger partial charge in [-0.05, 0) is 31.2 Å². The van der Waals surface area contributed by atoms with E-state index in [1.807, 2.05) is 48.6 Å². The van der Waals surface area contributed by atoms with Gasteiger partial charge in [-0.25, -0.2) is 0 Å². The molecule has 1 saturated heterocycles. The Morgan fingerprint density at radius 1 is 1.32 bits per heavy atom. The summed E-state index contributed by atoms with van der Waals surface area (Å²) in [7, 11) is 0. The van der Waals surface area contributed by atoms with Crippen molar-refractivity contribution < 1.29 is 14.6 Å². The second kappa shape index (κ2) is 9.57. The van der Waals surface area contributed by atoms with Crippen LogP contribution in [0.4, 0.5) is 0 Å². The molecule has 1 heterocycles. The maximum absolute atomic E-state index is 9.65. The van der Waals surface area contributed by atoms with Crippen molar-refractivity contribution in [2.75, 3.05) is 13.2 Å². The van der Waals surface area contributed by atoms with Crippen LogP contribution in [0.2, 0.25) is 0 Å². The van der Waals surface area contributed by atoms with E-state index < -0.39 is 0 Å². The second-order valence-electron chi connectivity index (χ2n) is 5.63. The molecule has 1 unspecified atom stereocenters. The third-order valence-corrected chi connectivity index (χ3v) is 3.89. The van der Waals surface area contributed by atoms with Crippen molar-refractivity contribution >= 4 is 6.08 Å². The quantitative estimate of drug-likeness (QED) is 0.742. The maximum atomic E-state index is 9.65. The highest BCUT2D eigenvalue weighted by atomic mass is 16.7. The number of allylic oxidation sites excluding steroid dienone is 1. The van der Waals surface area contributed by atoms with Gasteiger partial charge in [-0.3, -0.25) is 0 Å². The van der Waals surface area contributed by atoms with Gasteiger partial charge >= 0.3 is 0 Å². The predicted molar refractivity (Wildman–Crippen MR) is 89.3 cm³/mol. The fourth-order valence-corrected chi connectivity index (χ4v) is 2.60. The molecular weight excluding hydrogens is 276 g/mol. The standard InChI is InChI=1S/C19H26O3/c1-2-8-17(15-20)18(22-19-11-6-7-14-21-19)13-12-16-9-4-3-5-10-16/h2-5,9-10,12-13,17-20H,1,6-8,11,14-15H2/b13-12+/t17-,18+,19?/m1/s1. The molecule has 0 saturated carbocycles. The first-order valence-corrected chi connectivity index (χ1v) is 8.05. The molecule has 120 valence electrons. The van der Waals surface area contributed by atoms with Crippen LogP contribution in [-0.2, 0) is 9.47 Å². The Morgan fingerprint density at radius 2 is 2.14 bits per heavy atom. The Balaban J connectivity index is 2.05. The Labute approximate surface area is 133 Å². The van der Waals surface area contributed by atoms with Crippen molar-refractivity contribution in [3.63, 3.8) is 0 Å². The molecule has 1 aromatic rings. The zero-order valence-electron chi connectivity index (χ0n) is 13.1. The van der Waals surface area contributed by atoms with Gasteiger partial charge in [0, 0.05) is 19.1 Å². The lowest BCUT2D eigenvalue weighted by atomic mass is 9.98. The van der Waals surface area contributed by atoms with E-state index in [9.17, 15) is 5.11 Å². The summed E-state index contributed by atoms with van der Waals surface area (Å²) in [6, 6.07) is 10.1. The Morgan fingerprint density at radius 3 is 2.77 bits per heavy atom. The Hall–Kier alpha value is -1.42. The van der Waals surface area contributed by atoms with Crippen molar-refractivity contribution in [2.24, 2.45) is 5.92 Å². The molecule has 0 aliphatic carbocycles. The first-order chi connectivity index (χ1) is 10.8. The van der Waals surface area contributed by atoms with Crippen LogP contribution in [0.3, 0.4) is 0 Å². The van der Waals surface area contributed by atoms with Crippen LogP contribution in [0.5, 0.6) is 0 Å². The number of benzene rings is 1. The lowest BCUT2D eigenvalue weighted by Crippen LogP contribution is -2.32. The fraction of sp³-hybridized carbons (Fsp3) is 0.474. The molecule has 2 rings (SSSR count). The van der Waals surface area contributed by atoms with Crippen LogP contribution in [0.25, 0.3) is 6.08 Å². The van der Waals surface area contributed by atoms with E-state index in [-0.39, 0.29) is 24.9 Å². The minimum absolute atomic E-state index is 0.00277.